The maximum Gasteiger partial charge on any atom is 0.259 e. The van der Waals surface area contributed by atoms with Gasteiger partial charge in [0.15, 0.2) is 17.3 Å². The first kappa shape index (κ1) is 27.0. The molecule has 10 heteroatoms. The predicted molar refractivity (Wildman–Crippen MR) is 132 cm³/mol. The quantitative estimate of drug-likeness (QED) is 0.396. The molecule has 0 aromatic heterocycles. The molecule has 0 aliphatic heterocycles. The van der Waals surface area contributed by atoms with Crippen molar-refractivity contribution in [1.29, 1.82) is 0 Å². The highest BCUT2D eigenvalue weighted by Crippen LogP contribution is 2.48. The van der Waals surface area contributed by atoms with Crippen LogP contribution in [0.1, 0.15) is 15.9 Å². The number of ether oxygens (including phenoxy) is 4. The molecule has 3 aromatic carbocycles. The van der Waals surface area contributed by atoms with Gasteiger partial charge in [-0.15, -0.1) is 12.4 Å². The summed E-state index contributed by atoms with van der Waals surface area (Å²) in [6, 6.07) is 13.1. The average molecular weight is 511 g/mol. The molecular formula is C24H25Cl2FN2O5. The fraction of sp³-hybridized carbons (Fsp3) is 0.208. The lowest BCUT2D eigenvalue weighted by Crippen LogP contribution is -2.15. The summed E-state index contributed by atoms with van der Waals surface area (Å²) < 4.78 is 36.7. The van der Waals surface area contributed by atoms with Crippen LogP contribution in [-0.4, -0.2) is 33.8 Å². The number of nitrogens with one attached hydrogen (secondary N) is 1. The lowest BCUT2D eigenvalue weighted by Gasteiger charge is -2.19. The molecule has 7 nitrogen and oxygen atoms in total. The molecule has 3 N–H and O–H groups in total. The molecule has 0 bridgehead atoms. The van der Waals surface area contributed by atoms with Crippen molar-refractivity contribution in [2.75, 3.05) is 33.2 Å². The van der Waals surface area contributed by atoms with Crippen molar-refractivity contribution in [2.45, 2.75) is 6.42 Å². The van der Waals surface area contributed by atoms with Crippen molar-refractivity contribution >= 4 is 35.6 Å². The van der Waals surface area contributed by atoms with Crippen LogP contribution in [0, 0.1) is 5.82 Å². The highest BCUT2D eigenvalue weighted by Gasteiger charge is 2.26. The van der Waals surface area contributed by atoms with E-state index in [-0.39, 0.29) is 51.7 Å². The van der Waals surface area contributed by atoms with Crippen molar-refractivity contribution in [3.63, 3.8) is 0 Å². The zero-order valence-electron chi connectivity index (χ0n) is 18.8. The molecular weight excluding hydrogens is 486 g/mol. The van der Waals surface area contributed by atoms with E-state index in [1.165, 1.54) is 45.6 Å². The standard InChI is InChI=1S/C24H24ClFN2O5.ClH/c1-30-21-16(24(29)28-18-6-4-5-17(25)20(18)26)13-19(22(31-2)23(21)32-3)33-15-9-7-14(8-10-15)11-12-27;/h4-10,13H,11-12,27H2,1-3H3,(H,28,29);1H. The number of methoxy groups -OCH3 is 3. The fourth-order valence-electron chi connectivity index (χ4n) is 3.23. The molecule has 0 unspecified atom stereocenters. The first-order valence-corrected chi connectivity index (χ1v) is 10.4. The maximum atomic E-state index is 14.3. The first-order valence-electron chi connectivity index (χ1n) is 9.98. The van der Waals surface area contributed by atoms with E-state index in [0.717, 1.165) is 12.0 Å². The van der Waals surface area contributed by atoms with Crippen molar-refractivity contribution in [3.05, 3.63) is 70.5 Å². The molecule has 3 rings (SSSR count). The first-order chi connectivity index (χ1) is 15.9. The number of benzene rings is 3. The van der Waals surface area contributed by atoms with Gasteiger partial charge in [0.1, 0.15) is 5.75 Å². The van der Waals surface area contributed by atoms with E-state index in [1.54, 1.807) is 12.1 Å². The third kappa shape index (κ3) is 5.83. The number of amides is 1. The predicted octanol–water partition coefficient (Wildman–Crippen LogP) is 5.47. The number of anilines is 1. The topological polar surface area (TPSA) is 92.0 Å². The molecule has 3 aromatic rings. The monoisotopic (exact) mass is 510 g/mol. The van der Waals surface area contributed by atoms with E-state index in [4.69, 9.17) is 36.3 Å². The summed E-state index contributed by atoms with van der Waals surface area (Å²) in [5.74, 6) is -0.218. The Morgan fingerprint density at radius 1 is 1.00 bits per heavy atom. The second-order valence-electron chi connectivity index (χ2n) is 6.86. The van der Waals surface area contributed by atoms with Gasteiger partial charge in [-0.3, -0.25) is 4.79 Å². The van der Waals surface area contributed by atoms with Gasteiger partial charge in [0.2, 0.25) is 11.5 Å². The molecule has 0 saturated carbocycles. The van der Waals surface area contributed by atoms with Crippen LogP contribution in [0.25, 0.3) is 0 Å². The minimum absolute atomic E-state index is 0. The zero-order chi connectivity index (χ0) is 24.0. The number of rotatable bonds is 9. The van der Waals surface area contributed by atoms with Gasteiger partial charge in [0, 0.05) is 6.07 Å². The summed E-state index contributed by atoms with van der Waals surface area (Å²) >= 11 is 5.82. The normalized spacial score (nSPS) is 10.2. The van der Waals surface area contributed by atoms with Crippen molar-refractivity contribution in [3.8, 4) is 28.7 Å². The summed E-state index contributed by atoms with van der Waals surface area (Å²) in [6.07, 6.45) is 0.740. The van der Waals surface area contributed by atoms with E-state index in [0.29, 0.717) is 12.3 Å². The highest BCUT2D eigenvalue weighted by atomic mass is 35.5. The fourth-order valence-corrected chi connectivity index (χ4v) is 3.41. The van der Waals surface area contributed by atoms with E-state index in [2.05, 4.69) is 5.32 Å². The average Bonchev–Trinajstić information content (AvgIpc) is 2.82. The van der Waals surface area contributed by atoms with E-state index in [1.807, 2.05) is 12.1 Å². The summed E-state index contributed by atoms with van der Waals surface area (Å²) in [7, 11) is 4.23. The second-order valence-corrected chi connectivity index (χ2v) is 7.27. The van der Waals surface area contributed by atoms with E-state index >= 15 is 0 Å². The van der Waals surface area contributed by atoms with Crippen molar-refractivity contribution in [1.82, 2.24) is 0 Å². The van der Waals surface area contributed by atoms with Gasteiger partial charge in [-0.05, 0) is 42.8 Å². The third-order valence-corrected chi connectivity index (χ3v) is 5.09. The molecule has 182 valence electrons. The Bertz CT molecular complexity index is 1140. The van der Waals surface area contributed by atoms with Gasteiger partial charge < -0.3 is 30.0 Å². The molecule has 0 spiro atoms. The third-order valence-electron chi connectivity index (χ3n) is 4.80. The van der Waals surface area contributed by atoms with Crippen LogP contribution >= 0.6 is 24.0 Å². The van der Waals surface area contributed by atoms with Crippen LogP contribution < -0.4 is 30.0 Å². The Hall–Kier alpha value is -3.20. The molecule has 0 atom stereocenters. The minimum Gasteiger partial charge on any atom is -0.492 e. The molecule has 0 heterocycles. The van der Waals surface area contributed by atoms with Crippen molar-refractivity contribution in [2.24, 2.45) is 5.73 Å². The Morgan fingerprint density at radius 2 is 1.65 bits per heavy atom. The van der Waals surface area contributed by atoms with Gasteiger partial charge in [0.25, 0.3) is 5.91 Å². The highest BCUT2D eigenvalue weighted by molar-refractivity contribution is 6.31. The van der Waals surface area contributed by atoms with Gasteiger partial charge in [-0.25, -0.2) is 4.39 Å². The van der Waals surface area contributed by atoms with Crippen LogP contribution in [0.4, 0.5) is 10.1 Å². The van der Waals surface area contributed by atoms with E-state index < -0.39 is 11.7 Å². The Kier molecular flexibility index (Phi) is 9.80. The molecule has 0 aliphatic carbocycles. The summed E-state index contributed by atoms with van der Waals surface area (Å²) in [4.78, 5) is 13.1. The lowest BCUT2D eigenvalue weighted by molar-refractivity contribution is 0.102. The van der Waals surface area contributed by atoms with Crippen LogP contribution in [0.15, 0.2) is 48.5 Å². The number of carbonyl (C=O) groups excluding carboxylic acids is 1. The Labute approximate surface area is 208 Å². The largest absolute Gasteiger partial charge is 0.492 e. The zero-order valence-corrected chi connectivity index (χ0v) is 20.4. The molecule has 0 aliphatic rings. The molecule has 0 saturated heterocycles. The smallest absolute Gasteiger partial charge is 0.259 e. The molecule has 1 amide bonds. The van der Waals surface area contributed by atoms with Crippen LogP contribution in [-0.2, 0) is 6.42 Å². The number of halogens is 3. The lowest BCUT2D eigenvalue weighted by atomic mass is 10.1. The van der Waals surface area contributed by atoms with Crippen LogP contribution in [0.3, 0.4) is 0 Å². The maximum absolute atomic E-state index is 14.3. The van der Waals surface area contributed by atoms with Crippen molar-refractivity contribution < 1.29 is 28.1 Å². The van der Waals surface area contributed by atoms with Gasteiger partial charge in [-0.1, -0.05) is 29.8 Å². The number of hydrogen-bond acceptors (Lipinski definition) is 6. The number of nitrogens with two attached hydrogens (primary N) is 1. The summed E-state index contributed by atoms with van der Waals surface area (Å²) in [5.41, 5.74) is 6.62. The molecule has 0 fully saturated rings. The Morgan fingerprint density at radius 3 is 2.24 bits per heavy atom. The summed E-state index contributed by atoms with van der Waals surface area (Å²) in [6.45, 7) is 0.537. The van der Waals surface area contributed by atoms with Gasteiger partial charge in [0.05, 0.1) is 37.6 Å². The molecule has 0 radical (unpaired) electrons. The van der Waals surface area contributed by atoms with Gasteiger partial charge in [-0.2, -0.15) is 0 Å². The second kappa shape index (κ2) is 12.3. The minimum atomic E-state index is -0.749. The Balaban J connectivity index is 0.00000408. The number of hydrogen-bond donors (Lipinski definition) is 2. The molecule has 34 heavy (non-hydrogen) atoms. The number of carbonyl (C=O) groups is 1. The van der Waals surface area contributed by atoms with Gasteiger partial charge >= 0.3 is 0 Å². The van der Waals surface area contributed by atoms with Crippen LogP contribution in [0.2, 0.25) is 5.02 Å². The van der Waals surface area contributed by atoms with E-state index in [9.17, 15) is 9.18 Å². The SMILES string of the molecule is COc1c(Oc2ccc(CCN)cc2)cc(C(=O)Nc2cccc(Cl)c2F)c(OC)c1OC.Cl. The summed E-state index contributed by atoms with van der Waals surface area (Å²) in [5, 5.41) is 2.38. The van der Waals surface area contributed by atoms with Crippen LogP contribution in [0.5, 0.6) is 28.7 Å².